The number of hydrogen-bond acceptors (Lipinski definition) is 4. The van der Waals surface area contributed by atoms with Crippen LogP contribution in [0.2, 0.25) is 0 Å². The lowest BCUT2D eigenvalue weighted by Crippen LogP contribution is -2.59. The van der Waals surface area contributed by atoms with Crippen molar-refractivity contribution in [1.82, 2.24) is 24.9 Å². The van der Waals surface area contributed by atoms with E-state index >= 15 is 0 Å². The van der Waals surface area contributed by atoms with Gasteiger partial charge in [-0.05, 0) is 56.6 Å². The maximum absolute atomic E-state index is 13.8. The molecule has 0 saturated carbocycles. The molecule has 2 aliphatic rings. The van der Waals surface area contributed by atoms with Gasteiger partial charge in [0.1, 0.15) is 11.4 Å². The number of nitrogens with zero attached hydrogens (tertiary/aromatic N) is 4. The van der Waals surface area contributed by atoms with Crippen LogP contribution < -0.4 is 5.32 Å². The predicted octanol–water partition coefficient (Wildman–Crippen LogP) is 1.82. The van der Waals surface area contributed by atoms with E-state index in [9.17, 15) is 14.0 Å². The Kier molecular flexibility index (Phi) is 6.77. The molecule has 0 spiro atoms. The van der Waals surface area contributed by atoms with E-state index in [1.54, 1.807) is 34.8 Å². The lowest BCUT2D eigenvalue weighted by atomic mass is 9.86. The standard InChI is InChI=1S/C21H26FN5O2.ClH/c1-16-3-4-17(15-18(16)22)19(28)25-11-13-26(14-12-25)20(29)21(5-8-23-9-6-21)27-10-2-7-24-27;/h2-4,7,10,15,23H,5-6,8-9,11-14H2,1H3;1H. The smallest absolute Gasteiger partial charge is 0.254 e. The van der Waals surface area contributed by atoms with Crippen molar-refractivity contribution in [2.24, 2.45) is 0 Å². The highest BCUT2D eigenvalue weighted by molar-refractivity contribution is 5.94. The van der Waals surface area contributed by atoms with Crippen LogP contribution in [0.4, 0.5) is 4.39 Å². The fourth-order valence-corrected chi connectivity index (χ4v) is 4.22. The van der Waals surface area contributed by atoms with E-state index in [4.69, 9.17) is 0 Å². The van der Waals surface area contributed by atoms with Gasteiger partial charge >= 0.3 is 0 Å². The molecule has 162 valence electrons. The molecular formula is C21H27ClFN5O2. The highest BCUT2D eigenvalue weighted by atomic mass is 35.5. The zero-order chi connectivity index (χ0) is 20.4. The molecule has 1 aromatic carbocycles. The summed E-state index contributed by atoms with van der Waals surface area (Å²) in [5, 5.41) is 7.68. The number of benzene rings is 1. The van der Waals surface area contributed by atoms with Crippen LogP contribution in [-0.4, -0.2) is 70.7 Å². The molecule has 1 N–H and O–H groups in total. The van der Waals surface area contributed by atoms with E-state index in [1.165, 1.54) is 6.07 Å². The Bertz CT molecular complexity index is 891. The predicted molar refractivity (Wildman–Crippen MR) is 113 cm³/mol. The lowest BCUT2D eigenvalue weighted by Gasteiger charge is -2.43. The first-order chi connectivity index (χ1) is 14.0. The number of hydrogen-bond donors (Lipinski definition) is 1. The van der Waals surface area contributed by atoms with Gasteiger partial charge in [0.2, 0.25) is 0 Å². The van der Waals surface area contributed by atoms with Crippen molar-refractivity contribution in [3.8, 4) is 0 Å². The SMILES string of the molecule is Cc1ccc(C(=O)N2CCN(C(=O)C3(n4cccn4)CCNCC3)CC2)cc1F.Cl. The first-order valence-electron chi connectivity index (χ1n) is 10.1. The molecule has 30 heavy (non-hydrogen) atoms. The molecule has 2 amide bonds. The van der Waals surface area contributed by atoms with Crippen LogP contribution in [0.25, 0.3) is 0 Å². The lowest BCUT2D eigenvalue weighted by molar-refractivity contribution is -0.144. The Morgan fingerprint density at radius 2 is 1.77 bits per heavy atom. The summed E-state index contributed by atoms with van der Waals surface area (Å²) in [7, 11) is 0. The molecule has 2 aliphatic heterocycles. The second-order valence-electron chi connectivity index (χ2n) is 7.78. The Labute approximate surface area is 181 Å². The molecule has 2 aromatic rings. The third kappa shape index (κ3) is 4.06. The van der Waals surface area contributed by atoms with Crippen LogP contribution >= 0.6 is 12.4 Å². The quantitative estimate of drug-likeness (QED) is 0.798. The van der Waals surface area contributed by atoms with Gasteiger partial charge in [0.25, 0.3) is 11.8 Å². The summed E-state index contributed by atoms with van der Waals surface area (Å²) in [6.07, 6.45) is 4.94. The zero-order valence-corrected chi connectivity index (χ0v) is 17.8. The molecule has 0 atom stereocenters. The summed E-state index contributed by atoms with van der Waals surface area (Å²) >= 11 is 0. The van der Waals surface area contributed by atoms with Gasteiger partial charge in [-0.25, -0.2) is 4.39 Å². The highest BCUT2D eigenvalue weighted by Crippen LogP contribution is 2.30. The number of piperidine rings is 1. The highest BCUT2D eigenvalue weighted by Gasteiger charge is 2.45. The third-order valence-corrected chi connectivity index (χ3v) is 6.04. The first kappa shape index (κ1) is 22.2. The first-order valence-corrected chi connectivity index (χ1v) is 10.1. The number of amides is 2. The number of rotatable bonds is 3. The molecule has 0 radical (unpaired) electrons. The number of carbonyl (C=O) groups is 2. The van der Waals surface area contributed by atoms with Gasteiger partial charge in [0.15, 0.2) is 0 Å². The summed E-state index contributed by atoms with van der Waals surface area (Å²) in [5.74, 6) is -0.507. The van der Waals surface area contributed by atoms with E-state index in [-0.39, 0.29) is 30.0 Å². The van der Waals surface area contributed by atoms with Gasteiger partial charge in [-0.15, -0.1) is 12.4 Å². The van der Waals surface area contributed by atoms with Crippen molar-refractivity contribution in [2.75, 3.05) is 39.3 Å². The molecule has 7 nitrogen and oxygen atoms in total. The molecule has 2 saturated heterocycles. The second-order valence-corrected chi connectivity index (χ2v) is 7.78. The van der Waals surface area contributed by atoms with Gasteiger partial charge in [0.05, 0.1) is 0 Å². The van der Waals surface area contributed by atoms with E-state index in [1.807, 2.05) is 17.2 Å². The van der Waals surface area contributed by atoms with Crippen molar-refractivity contribution in [2.45, 2.75) is 25.3 Å². The van der Waals surface area contributed by atoms with Crippen molar-refractivity contribution in [3.63, 3.8) is 0 Å². The maximum atomic E-state index is 13.8. The van der Waals surface area contributed by atoms with Crippen LogP contribution in [0.3, 0.4) is 0 Å². The molecule has 2 fully saturated rings. The topological polar surface area (TPSA) is 70.5 Å². The fraction of sp³-hybridized carbons (Fsp3) is 0.476. The van der Waals surface area contributed by atoms with E-state index in [2.05, 4.69) is 10.4 Å². The third-order valence-electron chi connectivity index (χ3n) is 6.04. The van der Waals surface area contributed by atoms with Crippen LogP contribution in [0.15, 0.2) is 36.7 Å². The number of nitrogens with one attached hydrogen (secondary N) is 1. The number of piperazine rings is 1. The molecule has 0 bridgehead atoms. The minimum atomic E-state index is -0.666. The average Bonchev–Trinajstić information content (AvgIpc) is 3.31. The number of aromatic nitrogens is 2. The number of aryl methyl sites for hydroxylation is 1. The maximum Gasteiger partial charge on any atom is 0.254 e. The molecule has 3 heterocycles. The number of halogens is 2. The Morgan fingerprint density at radius 3 is 2.37 bits per heavy atom. The van der Waals surface area contributed by atoms with Crippen LogP contribution in [-0.2, 0) is 10.3 Å². The van der Waals surface area contributed by atoms with Crippen molar-refractivity contribution in [1.29, 1.82) is 0 Å². The van der Waals surface area contributed by atoms with E-state index < -0.39 is 5.54 Å². The van der Waals surface area contributed by atoms with Crippen molar-refractivity contribution in [3.05, 3.63) is 53.6 Å². The zero-order valence-electron chi connectivity index (χ0n) is 17.0. The molecule has 0 unspecified atom stereocenters. The molecule has 4 rings (SSSR count). The van der Waals surface area contributed by atoms with Gasteiger partial charge in [-0.1, -0.05) is 6.07 Å². The average molecular weight is 436 g/mol. The fourth-order valence-electron chi connectivity index (χ4n) is 4.22. The molecule has 1 aromatic heterocycles. The van der Waals surface area contributed by atoms with Crippen LogP contribution in [0.1, 0.15) is 28.8 Å². The largest absolute Gasteiger partial charge is 0.337 e. The van der Waals surface area contributed by atoms with E-state index in [0.29, 0.717) is 50.1 Å². The van der Waals surface area contributed by atoms with E-state index in [0.717, 1.165) is 13.1 Å². The molecule has 0 aliphatic carbocycles. The Hall–Kier alpha value is -2.45. The van der Waals surface area contributed by atoms with Gasteiger partial charge < -0.3 is 15.1 Å². The van der Waals surface area contributed by atoms with Crippen LogP contribution in [0.5, 0.6) is 0 Å². The summed E-state index contributed by atoms with van der Waals surface area (Å²) in [6, 6.07) is 6.40. The summed E-state index contributed by atoms with van der Waals surface area (Å²) in [6.45, 7) is 5.02. The summed E-state index contributed by atoms with van der Waals surface area (Å²) < 4.78 is 15.6. The Morgan fingerprint density at radius 1 is 1.10 bits per heavy atom. The van der Waals surface area contributed by atoms with Crippen molar-refractivity contribution < 1.29 is 14.0 Å². The van der Waals surface area contributed by atoms with Gasteiger partial charge in [-0.2, -0.15) is 5.10 Å². The molecular weight excluding hydrogens is 409 g/mol. The van der Waals surface area contributed by atoms with Gasteiger partial charge in [-0.3, -0.25) is 14.3 Å². The molecule has 9 heteroatoms. The van der Waals surface area contributed by atoms with Gasteiger partial charge in [0, 0.05) is 44.1 Å². The summed E-state index contributed by atoms with van der Waals surface area (Å²) in [5.41, 5.74) is 0.197. The summed E-state index contributed by atoms with van der Waals surface area (Å²) in [4.78, 5) is 29.7. The minimum absolute atomic E-state index is 0. The Balaban J connectivity index is 0.00000256. The number of carbonyl (C=O) groups excluding carboxylic acids is 2. The second kappa shape index (κ2) is 9.14. The normalized spacial score (nSPS) is 18.6. The van der Waals surface area contributed by atoms with Crippen molar-refractivity contribution >= 4 is 24.2 Å². The minimum Gasteiger partial charge on any atom is -0.337 e. The van der Waals surface area contributed by atoms with Crippen LogP contribution in [0, 0.1) is 12.7 Å². The monoisotopic (exact) mass is 435 g/mol.